The maximum absolute atomic E-state index is 5.92. The van der Waals surface area contributed by atoms with Gasteiger partial charge in [-0.05, 0) is 56.8 Å². The van der Waals surface area contributed by atoms with Crippen molar-refractivity contribution in [3.05, 3.63) is 12.1 Å². The number of nitrogens with one attached hydrogen (secondary N) is 1. The molecule has 1 aromatic rings. The molecule has 2 aliphatic rings. The lowest BCUT2D eigenvalue weighted by Gasteiger charge is -2.26. The van der Waals surface area contributed by atoms with Crippen LogP contribution in [0.4, 0.5) is 11.5 Å². The molecule has 1 aromatic heterocycles. The van der Waals surface area contributed by atoms with Crippen LogP contribution in [0, 0.1) is 5.92 Å². The number of hydrogen-bond donors (Lipinski definition) is 2. The summed E-state index contributed by atoms with van der Waals surface area (Å²) in [5.74, 6) is 2.14. The highest BCUT2D eigenvalue weighted by Gasteiger charge is 2.22. The number of rotatable bonds is 7. The van der Waals surface area contributed by atoms with Crippen molar-refractivity contribution in [1.82, 2.24) is 9.88 Å². The molecule has 0 spiro atoms. The van der Waals surface area contributed by atoms with Crippen molar-refractivity contribution in [2.45, 2.75) is 32.1 Å². The van der Waals surface area contributed by atoms with E-state index in [1.165, 1.54) is 45.2 Å². The zero-order chi connectivity index (χ0) is 14.5. The molecule has 1 saturated heterocycles. The van der Waals surface area contributed by atoms with E-state index >= 15 is 0 Å². The molecular weight excluding hydrogens is 264 g/mol. The highest BCUT2D eigenvalue weighted by Crippen LogP contribution is 2.30. The van der Waals surface area contributed by atoms with Gasteiger partial charge in [0, 0.05) is 13.1 Å². The molecule has 3 N–H and O–H groups in total. The van der Waals surface area contributed by atoms with E-state index in [4.69, 9.17) is 10.5 Å². The van der Waals surface area contributed by atoms with Crippen LogP contribution in [0.5, 0.6) is 5.88 Å². The summed E-state index contributed by atoms with van der Waals surface area (Å²) in [4.78, 5) is 6.99. The van der Waals surface area contributed by atoms with Gasteiger partial charge in [0.2, 0.25) is 5.88 Å². The van der Waals surface area contributed by atoms with Gasteiger partial charge >= 0.3 is 0 Å². The quantitative estimate of drug-likeness (QED) is 0.807. The Balaban J connectivity index is 1.46. The van der Waals surface area contributed by atoms with Gasteiger partial charge in [-0.25, -0.2) is 0 Å². The zero-order valence-corrected chi connectivity index (χ0v) is 12.7. The van der Waals surface area contributed by atoms with Crippen LogP contribution in [0.1, 0.15) is 32.1 Å². The topological polar surface area (TPSA) is 63.4 Å². The normalized spacial score (nSPS) is 19.4. The molecule has 5 heteroatoms. The smallest absolute Gasteiger partial charge is 0.239 e. The molecule has 21 heavy (non-hydrogen) atoms. The molecule has 0 unspecified atom stereocenters. The molecule has 0 radical (unpaired) electrons. The van der Waals surface area contributed by atoms with Gasteiger partial charge in [0.15, 0.2) is 0 Å². The Labute approximate surface area is 126 Å². The number of piperidine rings is 1. The third-order valence-electron chi connectivity index (χ3n) is 4.23. The molecule has 0 bridgehead atoms. The lowest BCUT2D eigenvalue weighted by atomic mass is 10.1. The SMILES string of the molecule is Nc1ccc(NCCN2CCCCC2)nc1OCC1CC1. The number of ether oxygens (including phenoxy) is 1. The second kappa shape index (κ2) is 6.98. The van der Waals surface area contributed by atoms with Crippen LogP contribution in [0.15, 0.2) is 12.1 Å². The number of nitrogens with zero attached hydrogens (tertiary/aromatic N) is 2. The van der Waals surface area contributed by atoms with Crippen molar-refractivity contribution in [2.75, 3.05) is 43.8 Å². The number of aromatic nitrogens is 1. The molecule has 0 aromatic carbocycles. The summed E-state index contributed by atoms with van der Waals surface area (Å²) in [5, 5.41) is 3.37. The molecule has 0 amide bonds. The van der Waals surface area contributed by atoms with Gasteiger partial charge in [-0.3, -0.25) is 0 Å². The number of likely N-dealkylation sites (tertiary alicyclic amines) is 1. The molecule has 2 heterocycles. The Bertz CT molecular complexity index is 456. The molecule has 1 aliphatic carbocycles. The van der Waals surface area contributed by atoms with Crippen molar-refractivity contribution in [3.63, 3.8) is 0 Å². The monoisotopic (exact) mass is 290 g/mol. The summed E-state index contributed by atoms with van der Waals surface area (Å²) < 4.78 is 5.71. The number of nitrogens with two attached hydrogens (primary N) is 1. The molecule has 3 rings (SSSR count). The minimum Gasteiger partial charge on any atom is -0.476 e. The third-order valence-corrected chi connectivity index (χ3v) is 4.23. The Kier molecular flexibility index (Phi) is 4.80. The summed E-state index contributed by atoms with van der Waals surface area (Å²) in [6.07, 6.45) is 6.59. The van der Waals surface area contributed by atoms with Crippen molar-refractivity contribution in [3.8, 4) is 5.88 Å². The summed E-state index contributed by atoms with van der Waals surface area (Å²) in [6, 6.07) is 3.80. The Morgan fingerprint density at radius 3 is 2.81 bits per heavy atom. The lowest BCUT2D eigenvalue weighted by molar-refractivity contribution is 0.237. The van der Waals surface area contributed by atoms with Crippen LogP contribution in [0.25, 0.3) is 0 Å². The third kappa shape index (κ3) is 4.49. The van der Waals surface area contributed by atoms with Crippen molar-refractivity contribution < 1.29 is 4.74 Å². The number of nitrogen functional groups attached to an aromatic ring is 1. The van der Waals surface area contributed by atoms with Crippen molar-refractivity contribution in [1.29, 1.82) is 0 Å². The van der Waals surface area contributed by atoms with E-state index in [0.29, 0.717) is 17.5 Å². The maximum Gasteiger partial charge on any atom is 0.239 e. The number of pyridine rings is 1. The van der Waals surface area contributed by atoms with Gasteiger partial charge in [-0.1, -0.05) is 6.42 Å². The molecular formula is C16H26N4O. The van der Waals surface area contributed by atoms with Gasteiger partial charge < -0.3 is 20.7 Å². The van der Waals surface area contributed by atoms with Crippen LogP contribution < -0.4 is 15.8 Å². The standard InChI is InChI=1S/C16H26N4O/c17-14-6-7-15(19-16(14)21-12-13-4-5-13)18-8-11-20-9-2-1-3-10-20/h6-7,13H,1-5,8-12,17H2,(H,18,19). The van der Waals surface area contributed by atoms with E-state index in [1.807, 2.05) is 12.1 Å². The summed E-state index contributed by atoms with van der Waals surface area (Å²) in [6.45, 7) is 5.19. The largest absolute Gasteiger partial charge is 0.476 e. The Morgan fingerprint density at radius 2 is 2.05 bits per heavy atom. The first-order chi connectivity index (χ1) is 10.3. The van der Waals surface area contributed by atoms with E-state index in [9.17, 15) is 0 Å². The van der Waals surface area contributed by atoms with Crippen molar-refractivity contribution in [2.24, 2.45) is 5.92 Å². The van der Waals surface area contributed by atoms with Gasteiger partial charge in [-0.2, -0.15) is 4.98 Å². The predicted molar refractivity (Wildman–Crippen MR) is 85.6 cm³/mol. The van der Waals surface area contributed by atoms with Crippen LogP contribution in [0.2, 0.25) is 0 Å². The molecule has 2 fully saturated rings. The molecule has 116 valence electrons. The summed E-state index contributed by atoms with van der Waals surface area (Å²) >= 11 is 0. The van der Waals surface area contributed by atoms with Crippen LogP contribution in [-0.2, 0) is 0 Å². The second-order valence-electron chi connectivity index (χ2n) is 6.17. The van der Waals surface area contributed by atoms with Crippen LogP contribution in [0.3, 0.4) is 0 Å². The fraction of sp³-hybridized carbons (Fsp3) is 0.688. The average Bonchev–Trinajstić information content (AvgIpc) is 3.33. The second-order valence-corrected chi connectivity index (χ2v) is 6.17. The lowest BCUT2D eigenvalue weighted by Crippen LogP contribution is -2.33. The van der Waals surface area contributed by atoms with Gasteiger partial charge in [0.25, 0.3) is 0 Å². The first kappa shape index (κ1) is 14.4. The average molecular weight is 290 g/mol. The fourth-order valence-electron chi connectivity index (χ4n) is 2.67. The highest BCUT2D eigenvalue weighted by molar-refractivity contribution is 5.53. The highest BCUT2D eigenvalue weighted by atomic mass is 16.5. The molecule has 1 saturated carbocycles. The molecule has 0 atom stereocenters. The molecule has 1 aliphatic heterocycles. The maximum atomic E-state index is 5.92. The zero-order valence-electron chi connectivity index (χ0n) is 12.7. The van der Waals surface area contributed by atoms with Gasteiger partial charge in [-0.15, -0.1) is 0 Å². The van der Waals surface area contributed by atoms with Gasteiger partial charge in [0.1, 0.15) is 5.82 Å². The van der Waals surface area contributed by atoms with E-state index in [2.05, 4.69) is 15.2 Å². The van der Waals surface area contributed by atoms with E-state index in [1.54, 1.807) is 0 Å². The fourth-order valence-corrected chi connectivity index (χ4v) is 2.67. The summed E-state index contributed by atoms with van der Waals surface area (Å²) in [7, 11) is 0. The first-order valence-electron chi connectivity index (χ1n) is 8.17. The van der Waals surface area contributed by atoms with E-state index in [-0.39, 0.29) is 0 Å². The Morgan fingerprint density at radius 1 is 1.24 bits per heavy atom. The molecule has 5 nitrogen and oxygen atoms in total. The van der Waals surface area contributed by atoms with Crippen LogP contribution in [-0.4, -0.2) is 42.7 Å². The van der Waals surface area contributed by atoms with Crippen molar-refractivity contribution >= 4 is 11.5 Å². The van der Waals surface area contributed by atoms with Crippen LogP contribution >= 0.6 is 0 Å². The van der Waals surface area contributed by atoms with Gasteiger partial charge in [0.05, 0.1) is 12.3 Å². The number of anilines is 2. The number of hydrogen-bond acceptors (Lipinski definition) is 5. The minimum absolute atomic E-state index is 0.574. The van der Waals surface area contributed by atoms with E-state index in [0.717, 1.165) is 25.5 Å². The minimum atomic E-state index is 0.574. The van der Waals surface area contributed by atoms with E-state index < -0.39 is 0 Å². The predicted octanol–water partition coefficient (Wildman–Crippen LogP) is 2.35. The summed E-state index contributed by atoms with van der Waals surface area (Å²) in [5.41, 5.74) is 6.54. The first-order valence-corrected chi connectivity index (χ1v) is 8.17. The Hall–Kier alpha value is -1.49.